The normalized spacial score (nSPS) is 15.0. The van der Waals surface area contributed by atoms with Crippen LogP contribution in [-0.2, 0) is 6.54 Å². The number of furan rings is 1. The van der Waals surface area contributed by atoms with Crippen LogP contribution in [0.1, 0.15) is 37.0 Å². The number of thiocarbonyl (C=S) groups is 1. The summed E-state index contributed by atoms with van der Waals surface area (Å²) in [5.41, 5.74) is 1.80. The molecule has 29 heavy (non-hydrogen) atoms. The lowest BCUT2D eigenvalue weighted by Gasteiger charge is -2.27. The van der Waals surface area contributed by atoms with Crippen molar-refractivity contribution in [2.45, 2.75) is 39.2 Å². The smallest absolute Gasteiger partial charge is 0.174 e. The molecule has 1 fully saturated rings. The number of benzene rings is 1. The molecule has 0 aliphatic carbocycles. The summed E-state index contributed by atoms with van der Waals surface area (Å²) < 4.78 is 11.1. The van der Waals surface area contributed by atoms with E-state index in [0.717, 1.165) is 30.1 Å². The topological polar surface area (TPSA) is 42.1 Å². The van der Waals surface area contributed by atoms with Gasteiger partial charge >= 0.3 is 0 Å². The largest absolute Gasteiger partial charge is 0.495 e. The van der Waals surface area contributed by atoms with Crippen molar-refractivity contribution in [1.82, 2.24) is 4.90 Å². The molecule has 0 atom stereocenters. The molecule has 2 aromatic rings. The number of ether oxygens (including phenoxy) is 1. The van der Waals surface area contributed by atoms with E-state index in [4.69, 9.17) is 33.0 Å². The fourth-order valence-corrected chi connectivity index (χ4v) is 4.16. The number of quaternary nitrogens is 1. The van der Waals surface area contributed by atoms with Crippen LogP contribution in [0.2, 0.25) is 5.02 Å². The lowest BCUT2D eigenvalue weighted by atomic mass is 10.2. The number of aryl methyl sites for hydroxylation is 1. The summed E-state index contributed by atoms with van der Waals surface area (Å²) in [7, 11) is 1.64. The molecule has 0 radical (unpaired) electrons. The number of methoxy groups -OCH3 is 1. The van der Waals surface area contributed by atoms with Gasteiger partial charge in [0.05, 0.1) is 51.8 Å². The van der Waals surface area contributed by atoms with Crippen molar-refractivity contribution in [3.63, 3.8) is 0 Å². The second-order valence-electron chi connectivity index (χ2n) is 7.65. The molecule has 3 rings (SSSR count). The highest BCUT2D eigenvalue weighted by Crippen LogP contribution is 2.31. The summed E-state index contributed by atoms with van der Waals surface area (Å²) in [5.74, 6) is 1.58. The Morgan fingerprint density at radius 2 is 2.03 bits per heavy atom. The summed E-state index contributed by atoms with van der Waals surface area (Å²) in [4.78, 5) is 3.84. The lowest BCUT2D eigenvalue weighted by Crippen LogP contribution is -3.12. The summed E-state index contributed by atoms with van der Waals surface area (Å²) in [6.45, 7) is 7.05. The van der Waals surface area contributed by atoms with Crippen molar-refractivity contribution in [3.8, 4) is 5.75 Å². The highest BCUT2D eigenvalue weighted by Gasteiger charge is 2.19. The van der Waals surface area contributed by atoms with Gasteiger partial charge in [0.25, 0.3) is 0 Å². The molecule has 5 nitrogen and oxygen atoms in total. The second-order valence-corrected chi connectivity index (χ2v) is 8.44. The zero-order valence-corrected chi connectivity index (χ0v) is 18.9. The van der Waals surface area contributed by atoms with Crippen molar-refractivity contribution in [2.75, 3.05) is 38.6 Å². The van der Waals surface area contributed by atoms with Crippen LogP contribution in [0, 0.1) is 6.92 Å². The van der Waals surface area contributed by atoms with E-state index in [0.29, 0.717) is 22.4 Å². The van der Waals surface area contributed by atoms with Gasteiger partial charge < -0.3 is 24.3 Å². The Balaban J connectivity index is 1.70. The SMILES string of the molecule is COc1cc(Cl)c(C)cc1NC(=S)N(CC[NH+]1CCCCCC1)Cc1ccco1. The van der Waals surface area contributed by atoms with Gasteiger partial charge in [-0.15, -0.1) is 0 Å². The van der Waals surface area contributed by atoms with Crippen LogP contribution >= 0.6 is 23.8 Å². The predicted octanol–water partition coefficient (Wildman–Crippen LogP) is 3.91. The van der Waals surface area contributed by atoms with E-state index in [9.17, 15) is 0 Å². The van der Waals surface area contributed by atoms with Crippen LogP contribution < -0.4 is 15.0 Å². The molecular formula is C22H31ClN3O2S+. The third kappa shape index (κ3) is 6.36. The predicted molar refractivity (Wildman–Crippen MR) is 122 cm³/mol. The van der Waals surface area contributed by atoms with Crippen LogP contribution in [-0.4, -0.2) is 43.3 Å². The van der Waals surface area contributed by atoms with Gasteiger partial charge in [0.2, 0.25) is 0 Å². The average molecular weight is 437 g/mol. The minimum Gasteiger partial charge on any atom is -0.495 e. The van der Waals surface area contributed by atoms with Gasteiger partial charge in [-0.3, -0.25) is 0 Å². The van der Waals surface area contributed by atoms with E-state index < -0.39 is 0 Å². The Hall–Kier alpha value is -1.76. The molecule has 0 saturated carbocycles. The molecule has 1 aliphatic heterocycles. The Bertz CT molecular complexity index is 790. The number of nitrogens with zero attached hydrogens (tertiary/aromatic N) is 1. The quantitative estimate of drug-likeness (QED) is 0.644. The fourth-order valence-electron chi connectivity index (χ4n) is 3.74. The maximum atomic E-state index is 6.24. The van der Waals surface area contributed by atoms with Crippen LogP contribution in [0.4, 0.5) is 5.69 Å². The van der Waals surface area contributed by atoms with Gasteiger partial charge in [-0.2, -0.15) is 0 Å². The minimum atomic E-state index is 0.640. The first-order chi connectivity index (χ1) is 14.1. The first kappa shape index (κ1) is 21.9. The van der Waals surface area contributed by atoms with Gasteiger partial charge in [-0.25, -0.2) is 0 Å². The van der Waals surface area contributed by atoms with Crippen molar-refractivity contribution < 1.29 is 14.1 Å². The molecule has 0 bridgehead atoms. The molecular weight excluding hydrogens is 406 g/mol. The minimum absolute atomic E-state index is 0.640. The van der Waals surface area contributed by atoms with Crippen LogP contribution in [0.15, 0.2) is 34.9 Å². The Morgan fingerprint density at radius 3 is 2.69 bits per heavy atom. The Kier molecular flexibility index (Phi) is 8.21. The van der Waals surface area contributed by atoms with E-state index >= 15 is 0 Å². The molecule has 0 spiro atoms. The third-order valence-electron chi connectivity index (χ3n) is 5.48. The number of likely N-dealkylation sites (tertiary alicyclic amines) is 1. The summed E-state index contributed by atoms with van der Waals surface area (Å²) in [6.07, 6.45) is 7.05. The van der Waals surface area contributed by atoms with Crippen molar-refractivity contribution in [2.24, 2.45) is 0 Å². The molecule has 158 valence electrons. The maximum Gasteiger partial charge on any atom is 0.174 e. The number of anilines is 1. The number of halogens is 1. The van der Waals surface area contributed by atoms with Gasteiger partial charge in [-0.1, -0.05) is 11.6 Å². The van der Waals surface area contributed by atoms with E-state index in [1.165, 1.54) is 38.8 Å². The number of rotatable bonds is 7. The molecule has 2 heterocycles. The summed E-state index contributed by atoms with van der Waals surface area (Å²) >= 11 is 12.0. The first-order valence-corrected chi connectivity index (χ1v) is 11.1. The molecule has 0 unspecified atom stereocenters. The highest BCUT2D eigenvalue weighted by molar-refractivity contribution is 7.80. The molecule has 1 saturated heterocycles. The van der Waals surface area contributed by atoms with Crippen LogP contribution in [0.5, 0.6) is 5.75 Å². The molecule has 1 aliphatic rings. The zero-order chi connectivity index (χ0) is 20.6. The van der Waals surface area contributed by atoms with Gasteiger partial charge in [0.1, 0.15) is 11.5 Å². The average Bonchev–Trinajstić information content (AvgIpc) is 3.08. The Labute approximate surface area is 184 Å². The van der Waals surface area contributed by atoms with Crippen LogP contribution in [0.3, 0.4) is 0 Å². The Morgan fingerprint density at radius 1 is 1.28 bits per heavy atom. The van der Waals surface area contributed by atoms with Gasteiger partial charge in [-0.05, 0) is 68.6 Å². The third-order valence-corrected chi connectivity index (χ3v) is 6.25. The summed E-state index contributed by atoms with van der Waals surface area (Å²) in [5, 5.41) is 4.70. The maximum absolute atomic E-state index is 6.24. The molecule has 2 N–H and O–H groups in total. The number of hydrogen-bond acceptors (Lipinski definition) is 3. The van der Waals surface area contributed by atoms with E-state index in [-0.39, 0.29) is 0 Å². The van der Waals surface area contributed by atoms with Crippen molar-refractivity contribution in [3.05, 3.63) is 46.9 Å². The van der Waals surface area contributed by atoms with Gasteiger partial charge in [0.15, 0.2) is 5.11 Å². The van der Waals surface area contributed by atoms with Crippen LogP contribution in [0.25, 0.3) is 0 Å². The number of nitrogens with one attached hydrogen (secondary N) is 2. The standard InChI is InChI=1S/C22H30ClN3O2S/c1-17-14-20(21(27-2)15-19(17)23)24-22(29)26(16-18-8-7-13-28-18)12-11-25-9-5-3-4-6-10-25/h7-8,13-15H,3-6,9-12,16H2,1-2H3,(H,24,29)/p+1. The van der Waals surface area contributed by atoms with Crippen molar-refractivity contribution >= 4 is 34.6 Å². The highest BCUT2D eigenvalue weighted by atomic mass is 35.5. The number of hydrogen-bond donors (Lipinski definition) is 2. The molecule has 1 aromatic heterocycles. The fraction of sp³-hybridized carbons (Fsp3) is 0.500. The lowest BCUT2D eigenvalue weighted by molar-refractivity contribution is -0.898. The zero-order valence-electron chi connectivity index (χ0n) is 17.3. The summed E-state index contributed by atoms with van der Waals surface area (Å²) in [6, 6.07) is 7.69. The van der Waals surface area contributed by atoms with Crippen molar-refractivity contribution in [1.29, 1.82) is 0 Å². The second kappa shape index (κ2) is 10.9. The molecule has 7 heteroatoms. The van der Waals surface area contributed by atoms with Gasteiger partial charge in [0, 0.05) is 11.1 Å². The monoisotopic (exact) mass is 436 g/mol. The van der Waals surface area contributed by atoms with E-state index in [1.807, 2.05) is 31.2 Å². The molecule has 1 aromatic carbocycles. The van der Waals surface area contributed by atoms with E-state index in [2.05, 4.69) is 10.2 Å². The first-order valence-electron chi connectivity index (χ1n) is 10.3. The molecule has 0 amide bonds. The van der Waals surface area contributed by atoms with E-state index in [1.54, 1.807) is 18.3 Å².